The first-order chi connectivity index (χ1) is 13.1. The van der Waals surface area contributed by atoms with E-state index in [1.165, 1.54) is 5.56 Å². The van der Waals surface area contributed by atoms with E-state index in [0.29, 0.717) is 19.5 Å². The second-order valence-corrected chi connectivity index (χ2v) is 7.04. The van der Waals surface area contributed by atoms with Gasteiger partial charge in [-0.05, 0) is 43.0 Å². The van der Waals surface area contributed by atoms with Gasteiger partial charge < -0.3 is 15.4 Å². The summed E-state index contributed by atoms with van der Waals surface area (Å²) in [6.07, 6.45) is 1.37. The first kappa shape index (κ1) is 19.0. The van der Waals surface area contributed by atoms with Crippen LogP contribution in [0.2, 0.25) is 0 Å². The molecule has 0 bridgehead atoms. The molecule has 2 aromatic rings. The maximum absolute atomic E-state index is 12.2. The molecule has 2 N–H and O–H groups in total. The van der Waals surface area contributed by atoms with E-state index in [9.17, 15) is 9.59 Å². The van der Waals surface area contributed by atoms with E-state index >= 15 is 0 Å². The molecule has 5 heteroatoms. The monoisotopic (exact) mass is 366 g/mol. The Labute approximate surface area is 160 Å². The molecular weight excluding hydrogens is 340 g/mol. The van der Waals surface area contributed by atoms with Crippen molar-refractivity contribution in [1.82, 2.24) is 10.6 Å². The summed E-state index contributed by atoms with van der Waals surface area (Å²) in [7, 11) is 1.64. The van der Waals surface area contributed by atoms with Crippen molar-refractivity contribution in [2.75, 3.05) is 13.7 Å². The lowest BCUT2D eigenvalue weighted by molar-refractivity contribution is -0.127. The van der Waals surface area contributed by atoms with Gasteiger partial charge in [-0.25, -0.2) is 0 Å². The predicted molar refractivity (Wildman–Crippen MR) is 104 cm³/mol. The minimum Gasteiger partial charge on any atom is -0.497 e. The van der Waals surface area contributed by atoms with Crippen molar-refractivity contribution in [3.05, 3.63) is 65.2 Å². The summed E-state index contributed by atoms with van der Waals surface area (Å²) >= 11 is 0. The van der Waals surface area contributed by atoms with Gasteiger partial charge in [0.15, 0.2) is 0 Å². The Hall–Kier alpha value is -2.82. The molecule has 1 fully saturated rings. The van der Waals surface area contributed by atoms with E-state index in [0.717, 1.165) is 23.3 Å². The molecule has 5 nitrogen and oxygen atoms in total. The summed E-state index contributed by atoms with van der Waals surface area (Å²) in [6.45, 7) is 3.09. The molecule has 0 aliphatic heterocycles. The lowest BCUT2D eigenvalue weighted by atomic mass is 10.1. The molecule has 2 aromatic carbocycles. The SMILES string of the molecule is COc1cccc(CCNC(=O)C2CC2C(=O)NCc2ccc(C)cc2)c1. The first-order valence-electron chi connectivity index (χ1n) is 9.30. The third-order valence-corrected chi connectivity index (χ3v) is 4.90. The zero-order chi connectivity index (χ0) is 19.2. The predicted octanol–water partition coefficient (Wildman–Crippen LogP) is 2.61. The van der Waals surface area contributed by atoms with Crippen molar-refractivity contribution in [1.29, 1.82) is 0 Å². The largest absolute Gasteiger partial charge is 0.497 e. The van der Waals surface area contributed by atoms with Crippen LogP contribution in [0.5, 0.6) is 5.75 Å². The van der Waals surface area contributed by atoms with Gasteiger partial charge in [-0.2, -0.15) is 0 Å². The van der Waals surface area contributed by atoms with E-state index in [1.807, 2.05) is 55.5 Å². The molecule has 0 aromatic heterocycles. The zero-order valence-electron chi connectivity index (χ0n) is 15.8. The molecule has 3 rings (SSSR count). The molecule has 2 unspecified atom stereocenters. The molecule has 2 amide bonds. The number of aryl methyl sites for hydroxylation is 1. The van der Waals surface area contributed by atoms with Crippen LogP contribution in [-0.4, -0.2) is 25.5 Å². The highest BCUT2D eigenvalue weighted by Gasteiger charge is 2.47. The molecule has 1 saturated carbocycles. The summed E-state index contributed by atoms with van der Waals surface area (Å²) < 4.78 is 5.20. The molecule has 1 aliphatic carbocycles. The van der Waals surface area contributed by atoms with E-state index in [1.54, 1.807) is 7.11 Å². The number of methoxy groups -OCH3 is 1. The maximum Gasteiger partial charge on any atom is 0.224 e. The van der Waals surface area contributed by atoms with Crippen LogP contribution in [0.3, 0.4) is 0 Å². The normalized spacial score (nSPS) is 17.9. The van der Waals surface area contributed by atoms with Crippen molar-refractivity contribution < 1.29 is 14.3 Å². The van der Waals surface area contributed by atoms with Crippen LogP contribution in [0.15, 0.2) is 48.5 Å². The topological polar surface area (TPSA) is 67.4 Å². The molecule has 0 heterocycles. The third-order valence-electron chi connectivity index (χ3n) is 4.90. The number of rotatable bonds is 8. The number of hydrogen-bond acceptors (Lipinski definition) is 3. The molecule has 0 saturated heterocycles. The lowest BCUT2D eigenvalue weighted by Gasteiger charge is -2.07. The Morgan fingerprint density at radius 1 is 1.00 bits per heavy atom. The fourth-order valence-electron chi connectivity index (χ4n) is 3.09. The van der Waals surface area contributed by atoms with Crippen molar-refractivity contribution in [2.24, 2.45) is 11.8 Å². The summed E-state index contributed by atoms with van der Waals surface area (Å²) in [4.78, 5) is 24.5. The average molecular weight is 366 g/mol. The van der Waals surface area contributed by atoms with Crippen molar-refractivity contribution in [3.63, 3.8) is 0 Å². The standard InChI is InChI=1S/C22H26N2O3/c1-15-6-8-17(9-7-15)14-24-22(26)20-13-19(20)21(25)23-11-10-16-4-3-5-18(12-16)27-2/h3-9,12,19-20H,10-11,13-14H2,1-2H3,(H,23,25)(H,24,26). The van der Waals surface area contributed by atoms with E-state index in [2.05, 4.69) is 10.6 Å². The summed E-state index contributed by atoms with van der Waals surface area (Å²) in [5.41, 5.74) is 3.37. The van der Waals surface area contributed by atoms with Crippen LogP contribution >= 0.6 is 0 Å². The fourth-order valence-corrected chi connectivity index (χ4v) is 3.09. The first-order valence-corrected chi connectivity index (χ1v) is 9.30. The number of hydrogen-bond donors (Lipinski definition) is 2. The minimum atomic E-state index is -0.202. The number of benzene rings is 2. The van der Waals surface area contributed by atoms with Crippen LogP contribution in [0.1, 0.15) is 23.1 Å². The van der Waals surface area contributed by atoms with Crippen LogP contribution in [0.4, 0.5) is 0 Å². The molecule has 0 radical (unpaired) electrons. The van der Waals surface area contributed by atoms with Gasteiger partial charge in [0.05, 0.1) is 18.9 Å². The second kappa shape index (κ2) is 8.71. The van der Waals surface area contributed by atoms with Gasteiger partial charge in [0.1, 0.15) is 5.75 Å². The van der Waals surface area contributed by atoms with Gasteiger partial charge in [0.2, 0.25) is 11.8 Å². The third kappa shape index (κ3) is 5.33. The lowest BCUT2D eigenvalue weighted by Crippen LogP contribution is -2.31. The molecular formula is C22H26N2O3. The van der Waals surface area contributed by atoms with Crippen LogP contribution in [0, 0.1) is 18.8 Å². The Morgan fingerprint density at radius 2 is 1.70 bits per heavy atom. The Bertz CT molecular complexity index is 801. The fraction of sp³-hybridized carbons (Fsp3) is 0.364. The van der Waals surface area contributed by atoms with E-state index in [4.69, 9.17) is 4.74 Å². The van der Waals surface area contributed by atoms with Crippen molar-refractivity contribution >= 4 is 11.8 Å². The number of ether oxygens (including phenoxy) is 1. The van der Waals surface area contributed by atoms with Gasteiger partial charge in [-0.1, -0.05) is 42.0 Å². The molecule has 1 aliphatic rings. The number of nitrogens with one attached hydrogen (secondary N) is 2. The minimum absolute atomic E-state index is 0.0339. The highest BCUT2D eigenvalue weighted by molar-refractivity contribution is 5.92. The highest BCUT2D eigenvalue weighted by Crippen LogP contribution is 2.38. The average Bonchev–Trinajstić information content (AvgIpc) is 3.48. The van der Waals surface area contributed by atoms with Gasteiger partial charge >= 0.3 is 0 Å². The van der Waals surface area contributed by atoms with Crippen molar-refractivity contribution in [3.8, 4) is 5.75 Å². The van der Waals surface area contributed by atoms with Crippen LogP contribution < -0.4 is 15.4 Å². The molecule has 27 heavy (non-hydrogen) atoms. The van der Waals surface area contributed by atoms with E-state index in [-0.39, 0.29) is 23.7 Å². The molecule has 142 valence electrons. The molecule has 0 spiro atoms. The van der Waals surface area contributed by atoms with Crippen LogP contribution in [-0.2, 0) is 22.6 Å². The number of carbonyl (C=O) groups is 2. The second-order valence-electron chi connectivity index (χ2n) is 7.04. The summed E-state index contributed by atoms with van der Waals surface area (Å²) in [6, 6.07) is 15.9. The quantitative estimate of drug-likeness (QED) is 0.755. The number of amides is 2. The summed E-state index contributed by atoms with van der Waals surface area (Å²) in [5, 5.41) is 5.86. The van der Waals surface area contributed by atoms with Crippen molar-refractivity contribution in [2.45, 2.75) is 26.3 Å². The molecule has 2 atom stereocenters. The Morgan fingerprint density at radius 3 is 2.41 bits per heavy atom. The van der Waals surface area contributed by atoms with Crippen LogP contribution in [0.25, 0.3) is 0 Å². The smallest absolute Gasteiger partial charge is 0.224 e. The van der Waals surface area contributed by atoms with Gasteiger partial charge in [-0.15, -0.1) is 0 Å². The van der Waals surface area contributed by atoms with E-state index < -0.39 is 0 Å². The Balaban J connectivity index is 1.37. The Kier molecular flexibility index (Phi) is 6.12. The summed E-state index contributed by atoms with van der Waals surface area (Å²) in [5.74, 6) is 0.337. The maximum atomic E-state index is 12.2. The van der Waals surface area contributed by atoms with Gasteiger partial charge in [0.25, 0.3) is 0 Å². The number of carbonyl (C=O) groups excluding carboxylic acids is 2. The van der Waals surface area contributed by atoms with Gasteiger partial charge in [0, 0.05) is 13.1 Å². The zero-order valence-corrected chi connectivity index (χ0v) is 15.8. The highest BCUT2D eigenvalue weighted by atomic mass is 16.5. The van der Waals surface area contributed by atoms with Gasteiger partial charge in [-0.3, -0.25) is 9.59 Å².